The number of amides is 1. The van der Waals surface area contributed by atoms with Gasteiger partial charge in [-0.05, 0) is 72.0 Å². The van der Waals surface area contributed by atoms with Gasteiger partial charge in [0.2, 0.25) is 0 Å². The number of nitrogens with zero attached hydrogens (tertiary/aromatic N) is 2. The zero-order chi connectivity index (χ0) is 35.5. The smallest absolute Gasteiger partial charge is 0.410 e. The molecule has 0 aliphatic carbocycles. The van der Waals surface area contributed by atoms with Crippen molar-refractivity contribution >= 4 is 11.9 Å². The number of hydrogen-bond acceptors (Lipinski definition) is 9. The average Bonchev–Trinajstić information content (AvgIpc) is 3.81. The van der Waals surface area contributed by atoms with Gasteiger partial charge in [-0.15, -0.1) is 0 Å². The molecule has 2 saturated heterocycles. The first kappa shape index (κ1) is 41.1. The first-order chi connectivity index (χ1) is 22.0. The lowest BCUT2D eigenvalue weighted by Crippen LogP contribution is -2.52. The zero-order valence-corrected chi connectivity index (χ0v) is 30.6. The SMILES string of the molecule is CCC(O)CCC(C)(OC)C(/C=C/C(C)C(=O)/C(C)=C/C=C/C(C)(O)CC1OC1C(C)C(O)CC)OC(=O)N1CCN(C(C)C)CC1. The van der Waals surface area contributed by atoms with Crippen molar-refractivity contribution in [1.29, 1.82) is 0 Å². The van der Waals surface area contributed by atoms with Crippen LogP contribution in [0.25, 0.3) is 0 Å². The highest BCUT2D eigenvalue weighted by molar-refractivity contribution is 5.97. The van der Waals surface area contributed by atoms with E-state index in [-0.39, 0.29) is 23.9 Å². The Morgan fingerprint density at radius 2 is 1.66 bits per heavy atom. The number of epoxide rings is 1. The number of Topliss-reactive ketones (excluding diaryl/α,β-unsaturated/α-hetero) is 1. The molecule has 0 saturated carbocycles. The van der Waals surface area contributed by atoms with Crippen LogP contribution in [0.15, 0.2) is 36.0 Å². The summed E-state index contributed by atoms with van der Waals surface area (Å²) in [4.78, 5) is 30.6. The molecule has 10 heteroatoms. The normalized spacial score (nSPS) is 25.3. The van der Waals surface area contributed by atoms with Gasteiger partial charge >= 0.3 is 6.09 Å². The molecule has 0 bridgehead atoms. The van der Waals surface area contributed by atoms with Gasteiger partial charge in [-0.25, -0.2) is 4.79 Å². The lowest BCUT2D eigenvalue weighted by Gasteiger charge is -2.39. The Labute approximate surface area is 283 Å². The Kier molecular flexibility index (Phi) is 16.3. The van der Waals surface area contributed by atoms with E-state index in [0.29, 0.717) is 56.8 Å². The molecule has 9 atom stereocenters. The monoisotopic (exact) mass is 664 g/mol. The highest BCUT2D eigenvalue weighted by atomic mass is 16.6. The van der Waals surface area contributed by atoms with E-state index in [4.69, 9.17) is 14.2 Å². The van der Waals surface area contributed by atoms with Gasteiger partial charge in [0, 0.05) is 57.6 Å². The second-order valence-electron chi connectivity index (χ2n) is 14.3. The van der Waals surface area contributed by atoms with Crippen molar-refractivity contribution in [3.8, 4) is 0 Å². The van der Waals surface area contributed by atoms with Crippen LogP contribution in [-0.4, -0.2) is 118 Å². The maximum Gasteiger partial charge on any atom is 0.410 e. The molecule has 47 heavy (non-hydrogen) atoms. The van der Waals surface area contributed by atoms with E-state index in [2.05, 4.69) is 18.7 Å². The van der Waals surface area contributed by atoms with Gasteiger partial charge in [0.05, 0.1) is 30.0 Å². The fourth-order valence-electron chi connectivity index (χ4n) is 6.03. The lowest BCUT2D eigenvalue weighted by molar-refractivity contribution is -0.117. The van der Waals surface area contributed by atoms with Crippen LogP contribution < -0.4 is 0 Å². The van der Waals surface area contributed by atoms with Crippen molar-refractivity contribution in [1.82, 2.24) is 9.80 Å². The first-order valence-electron chi connectivity index (χ1n) is 17.6. The summed E-state index contributed by atoms with van der Waals surface area (Å²) < 4.78 is 17.7. The molecule has 2 fully saturated rings. The number of methoxy groups -OCH3 is 1. The quantitative estimate of drug-likeness (QED) is 0.0751. The van der Waals surface area contributed by atoms with E-state index in [9.17, 15) is 24.9 Å². The molecule has 1 amide bonds. The molecule has 0 aromatic rings. The molecule has 2 aliphatic rings. The minimum Gasteiger partial charge on any atom is -0.439 e. The van der Waals surface area contributed by atoms with Crippen LogP contribution in [0.2, 0.25) is 0 Å². The van der Waals surface area contributed by atoms with E-state index >= 15 is 0 Å². The first-order valence-corrected chi connectivity index (χ1v) is 17.6. The van der Waals surface area contributed by atoms with Gasteiger partial charge in [0.15, 0.2) is 11.9 Å². The number of piperazine rings is 1. The number of hydrogen-bond donors (Lipinski definition) is 3. The number of ether oxygens (including phenoxy) is 3. The van der Waals surface area contributed by atoms with Gasteiger partial charge in [-0.3, -0.25) is 9.69 Å². The molecular weight excluding hydrogens is 600 g/mol. The van der Waals surface area contributed by atoms with Crippen LogP contribution in [0.3, 0.4) is 0 Å². The molecule has 3 N–H and O–H groups in total. The maximum atomic E-state index is 13.3. The third-order valence-corrected chi connectivity index (χ3v) is 10.0. The fraction of sp³-hybridized carbons (Fsp3) is 0.784. The summed E-state index contributed by atoms with van der Waals surface area (Å²) >= 11 is 0. The van der Waals surface area contributed by atoms with Crippen molar-refractivity contribution < 1.29 is 39.1 Å². The number of aliphatic hydroxyl groups is 3. The number of allylic oxidation sites excluding steroid dienone is 4. The van der Waals surface area contributed by atoms with E-state index in [1.807, 2.05) is 27.7 Å². The summed E-state index contributed by atoms with van der Waals surface area (Å²) in [6, 6.07) is 0.408. The van der Waals surface area contributed by atoms with Gasteiger partial charge < -0.3 is 34.4 Å². The largest absolute Gasteiger partial charge is 0.439 e. The van der Waals surface area contributed by atoms with E-state index < -0.39 is 41.5 Å². The molecule has 0 aromatic carbocycles. The molecule has 10 nitrogen and oxygen atoms in total. The van der Waals surface area contributed by atoms with Crippen LogP contribution in [-0.2, 0) is 19.0 Å². The van der Waals surface area contributed by atoms with Crippen LogP contribution in [0.4, 0.5) is 4.79 Å². The van der Waals surface area contributed by atoms with Crippen LogP contribution in [0.5, 0.6) is 0 Å². The van der Waals surface area contributed by atoms with E-state index in [1.165, 1.54) is 0 Å². The molecule has 9 unspecified atom stereocenters. The van der Waals surface area contributed by atoms with Gasteiger partial charge in [0.25, 0.3) is 0 Å². The predicted molar refractivity (Wildman–Crippen MR) is 185 cm³/mol. The molecule has 0 spiro atoms. The molecular formula is C37H64N2O8. The van der Waals surface area contributed by atoms with Crippen molar-refractivity contribution in [2.24, 2.45) is 11.8 Å². The summed E-state index contributed by atoms with van der Waals surface area (Å²) in [5, 5.41) is 31.2. The van der Waals surface area contributed by atoms with Crippen molar-refractivity contribution in [3.05, 3.63) is 36.0 Å². The average molecular weight is 665 g/mol. The minimum atomic E-state index is -1.13. The predicted octanol–water partition coefficient (Wildman–Crippen LogP) is 5.05. The molecule has 0 aromatic heterocycles. The topological polar surface area (TPSA) is 132 Å². The summed E-state index contributed by atoms with van der Waals surface area (Å²) in [7, 11) is 1.57. The van der Waals surface area contributed by atoms with E-state index in [1.54, 1.807) is 63.2 Å². The van der Waals surface area contributed by atoms with Gasteiger partial charge in [0.1, 0.15) is 5.60 Å². The molecule has 2 aliphatic heterocycles. The minimum absolute atomic E-state index is 0.00679. The third kappa shape index (κ3) is 12.7. The summed E-state index contributed by atoms with van der Waals surface area (Å²) in [5.41, 5.74) is -1.52. The Morgan fingerprint density at radius 3 is 2.21 bits per heavy atom. The highest BCUT2D eigenvalue weighted by Crippen LogP contribution is 2.37. The second kappa shape index (κ2) is 18.6. The zero-order valence-electron chi connectivity index (χ0n) is 30.6. The molecule has 2 rings (SSSR count). The van der Waals surface area contributed by atoms with Crippen LogP contribution >= 0.6 is 0 Å². The molecule has 270 valence electrons. The Morgan fingerprint density at radius 1 is 1.02 bits per heavy atom. The summed E-state index contributed by atoms with van der Waals surface area (Å²) in [6.07, 6.45) is 8.83. The van der Waals surface area contributed by atoms with Crippen LogP contribution in [0, 0.1) is 11.8 Å². The standard InChI is InChI=1S/C37H64N2O8/c1-11-29(40)17-19-37(9,45-10)32(47-35(43)39-22-20-38(21-23-39)25(3)4)16-15-27(6)33(42)26(5)14-13-18-36(8,44)24-31-34(46-31)28(7)30(41)12-2/h13-16,18,25,27-32,34,40-41,44H,11-12,17,19-24H2,1-10H3/b16-15+,18-13+,26-14+. The van der Waals surface area contributed by atoms with Gasteiger partial charge in [-0.2, -0.15) is 0 Å². The Hall–Kier alpha value is -2.08. The van der Waals surface area contributed by atoms with Crippen molar-refractivity contribution in [2.75, 3.05) is 33.3 Å². The number of rotatable bonds is 19. The second-order valence-corrected chi connectivity index (χ2v) is 14.3. The highest BCUT2D eigenvalue weighted by Gasteiger charge is 2.47. The number of carbonyl (C=O) groups is 2. The molecule has 2 heterocycles. The lowest BCUT2D eigenvalue weighted by atomic mass is 9.89. The fourth-order valence-corrected chi connectivity index (χ4v) is 6.03. The summed E-state index contributed by atoms with van der Waals surface area (Å²) in [6.45, 7) is 19.9. The van der Waals surface area contributed by atoms with Crippen LogP contribution in [0.1, 0.15) is 94.4 Å². The maximum absolute atomic E-state index is 13.3. The van der Waals surface area contributed by atoms with Gasteiger partial charge in [-0.1, -0.05) is 52.0 Å². The summed E-state index contributed by atoms with van der Waals surface area (Å²) in [5.74, 6) is -0.605. The Balaban J connectivity index is 2.10. The Bertz CT molecular complexity index is 1080. The third-order valence-electron chi connectivity index (χ3n) is 10.0. The number of carbonyl (C=O) groups excluding carboxylic acids is 2. The number of ketones is 1. The van der Waals surface area contributed by atoms with Crippen molar-refractivity contribution in [2.45, 2.75) is 142 Å². The van der Waals surface area contributed by atoms with Crippen molar-refractivity contribution in [3.63, 3.8) is 0 Å². The molecule has 0 radical (unpaired) electrons. The number of aliphatic hydroxyl groups excluding tert-OH is 2. The van der Waals surface area contributed by atoms with E-state index in [0.717, 1.165) is 13.1 Å².